The van der Waals surface area contributed by atoms with E-state index in [0.29, 0.717) is 31.6 Å². The molecule has 0 aromatic heterocycles. The Hall–Kier alpha value is -3.37. The van der Waals surface area contributed by atoms with Crippen molar-refractivity contribution in [1.29, 1.82) is 0 Å². The molecular weight excluding hydrogens is 506 g/mol. The Bertz CT molecular complexity index is 1220. The first-order chi connectivity index (χ1) is 17.2. The molecule has 0 radical (unpaired) electrons. The average Bonchev–Trinajstić information content (AvgIpc) is 3.28. The van der Waals surface area contributed by atoms with Crippen molar-refractivity contribution in [3.8, 4) is 0 Å². The number of para-hydroxylation sites is 1. The molecule has 2 amide bonds. The van der Waals surface area contributed by atoms with Crippen molar-refractivity contribution in [2.75, 3.05) is 37.1 Å². The maximum Gasteiger partial charge on any atom is 0.340 e. The number of rotatable bonds is 12. The summed E-state index contributed by atoms with van der Waals surface area (Å²) in [5.74, 6) is -1.32. The summed E-state index contributed by atoms with van der Waals surface area (Å²) >= 11 is 6.13. The van der Waals surface area contributed by atoms with Gasteiger partial charge < -0.3 is 15.0 Å². The minimum absolute atomic E-state index is 0.00961. The van der Waals surface area contributed by atoms with E-state index in [-0.39, 0.29) is 27.9 Å². The molecule has 9 nitrogen and oxygen atoms in total. The fourth-order valence-corrected chi connectivity index (χ4v) is 5.36. The first-order valence-corrected chi connectivity index (χ1v) is 13.3. The zero-order valence-electron chi connectivity index (χ0n) is 19.7. The Morgan fingerprint density at radius 3 is 2.61 bits per heavy atom. The second-order valence-corrected chi connectivity index (χ2v) is 10.3. The van der Waals surface area contributed by atoms with Crippen LogP contribution in [0.2, 0.25) is 5.02 Å². The summed E-state index contributed by atoms with van der Waals surface area (Å²) in [4.78, 5) is 37.8. The zero-order valence-corrected chi connectivity index (χ0v) is 21.3. The topological polar surface area (TPSA) is 113 Å². The Kier molecular flexibility index (Phi) is 9.49. The van der Waals surface area contributed by atoms with Crippen LogP contribution in [0.4, 0.5) is 5.69 Å². The SMILES string of the molecule is C=CCN(c1ccccc1)S(=O)(=O)c1ccc(Cl)c(C(=O)OCC(=O)NCCCN2CCCC2=O)c1. The van der Waals surface area contributed by atoms with E-state index in [0.717, 1.165) is 23.3 Å². The molecule has 1 aliphatic heterocycles. The second kappa shape index (κ2) is 12.5. The number of ether oxygens (including phenoxy) is 1. The summed E-state index contributed by atoms with van der Waals surface area (Å²) in [5, 5.41) is 2.62. The van der Waals surface area contributed by atoms with Gasteiger partial charge in [-0.1, -0.05) is 35.9 Å². The number of halogens is 1. The lowest BCUT2D eigenvalue weighted by Crippen LogP contribution is -2.33. The number of esters is 1. The highest BCUT2D eigenvalue weighted by atomic mass is 35.5. The lowest BCUT2D eigenvalue weighted by atomic mass is 10.2. The van der Waals surface area contributed by atoms with Gasteiger partial charge in [-0.05, 0) is 43.2 Å². The van der Waals surface area contributed by atoms with E-state index in [1.54, 1.807) is 35.2 Å². The highest BCUT2D eigenvalue weighted by Crippen LogP contribution is 2.27. The maximum absolute atomic E-state index is 13.3. The van der Waals surface area contributed by atoms with Crippen LogP contribution in [-0.4, -0.2) is 63.9 Å². The van der Waals surface area contributed by atoms with Crippen LogP contribution in [0.1, 0.15) is 29.6 Å². The molecule has 1 fully saturated rings. The molecule has 2 aromatic carbocycles. The fraction of sp³-hybridized carbons (Fsp3) is 0.320. The van der Waals surface area contributed by atoms with Gasteiger partial charge in [-0.2, -0.15) is 0 Å². The maximum atomic E-state index is 13.3. The molecule has 1 N–H and O–H groups in total. The predicted molar refractivity (Wildman–Crippen MR) is 136 cm³/mol. The number of nitrogens with zero attached hydrogens (tertiary/aromatic N) is 2. The zero-order chi connectivity index (χ0) is 26.1. The normalized spacial score (nSPS) is 13.4. The van der Waals surface area contributed by atoms with Gasteiger partial charge in [-0.25, -0.2) is 13.2 Å². The quantitative estimate of drug-likeness (QED) is 0.255. The molecule has 36 heavy (non-hydrogen) atoms. The van der Waals surface area contributed by atoms with Crippen molar-refractivity contribution < 1.29 is 27.5 Å². The smallest absolute Gasteiger partial charge is 0.340 e. The molecule has 1 heterocycles. The molecule has 0 saturated carbocycles. The first kappa shape index (κ1) is 27.2. The van der Waals surface area contributed by atoms with Gasteiger partial charge in [0, 0.05) is 26.1 Å². The van der Waals surface area contributed by atoms with E-state index in [4.69, 9.17) is 16.3 Å². The molecular formula is C25H28ClN3O6S. The highest BCUT2D eigenvalue weighted by molar-refractivity contribution is 7.92. The number of hydrogen-bond donors (Lipinski definition) is 1. The van der Waals surface area contributed by atoms with Crippen LogP contribution in [-0.2, 0) is 24.3 Å². The van der Waals surface area contributed by atoms with E-state index in [1.165, 1.54) is 18.2 Å². The van der Waals surface area contributed by atoms with E-state index < -0.39 is 28.5 Å². The van der Waals surface area contributed by atoms with Gasteiger partial charge in [0.25, 0.3) is 15.9 Å². The molecule has 3 rings (SSSR count). The molecule has 0 atom stereocenters. The molecule has 1 saturated heterocycles. The largest absolute Gasteiger partial charge is 0.452 e. The van der Waals surface area contributed by atoms with E-state index in [2.05, 4.69) is 11.9 Å². The van der Waals surface area contributed by atoms with Crippen LogP contribution in [0.15, 0.2) is 66.1 Å². The number of benzene rings is 2. The number of likely N-dealkylation sites (tertiary alicyclic amines) is 1. The molecule has 11 heteroatoms. The summed E-state index contributed by atoms with van der Waals surface area (Å²) in [6.07, 6.45) is 3.45. The Labute approximate surface area is 215 Å². The molecule has 0 unspecified atom stereocenters. The Morgan fingerprint density at radius 2 is 1.94 bits per heavy atom. The van der Waals surface area contributed by atoms with Crippen LogP contribution >= 0.6 is 11.6 Å². The lowest BCUT2D eigenvalue weighted by molar-refractivity contribution is -0.127. The van der Waals surface area contributed by atoms with Gasteiger partial charge in [0.05, 0.1) is 27.7 Å². The van der Waals surface area contributed by atoms with Gasteiger partial charge in [0.1, 0.15) is 0 Å². The number of nitrogens with one attached hydrogen (secondary N) is 1. The van der Waals surface area contributed by atoms with Crippen LogP contribution in [0.25, 0.3) is 0 Å². The molecule has 2 aromatic rings. The van der Waals surface area contributed by atoms with Crippen molar-refractivity contribution in [3.05, 3.63) is 71.8 Å². The molecule has 0 bridgehead atoms. The van der Waals surface area contributed by atoms with Crippen molar-refractivity contribution in [1.82, 2.24) is 10.2 Å². The van der Waals surface area contributed by atoms with Crippen LogP contribution < -0.4 is 9.62 Å². The summed E-state index contributed by atoms with van der Waals surface area (Å²) < 4.78 is 32.9. The highest BCUT2D eigenvalue weighted by Gasteiger charge is 2.26. The number of amides is 2. The summed E-state index contributed by atoms with van der Waals surface area (Å²) in [7, 11) is -4.06. The van der Waals surface area contributed by atoms with Crippen molar-refractivity contribution in [2.24, 2.45) is 0 Å². The van der Waals surface area contributed by atoms with Crippen LogP contribution in [0.5, 0.6) is 0 Å². The standard InChI is InChI=1S/C25H28ClN3O6S/c1-2-14-29(19-8-4-3-5-9-19)36(33,34)20-11-12-22(26)21(17-20)25(32)35-18-23(30)27-13-7-16-28-15-6-10-24(28)31/h2-5,8-9,11-12,17H,1,6-7,10,13-16,18H2,(H,27,30). The van der Waals surface area contributed by atoms with Crippen LogP contribution in [0.3, 0.4) is 0 Å². The number of carbonyl (C=O) groups is 3. The van der Waals surface area contributed by atoms with Gasteiger partial charge >= 0.3 is 5.97 Å². The molecule has 1 aliphatic rings. The second-order valence-electron chi connectivity index (χ2n) is 8.07. The first-order valence-electron chi connectivity index (χ1n) is 11.4. The molecule has 192 valence electrons. The average molecular weight is 534 g/mol. The monoisotopic (exact) mass is 533 g/mol. The third-order valence-electron chi connectivity index (χ3n) is 5.52. The van der Waals surface area contributed by atoms with Crippen molar-refractivity contribution in [3.63, 3.8) is 0 Å². The molecule has 0 aliphatic carbocycles. The van der Waals surface area contributed by atoms with Crippen LogP contribution in [0, 0.1) is 0 Å². The summed E-state index contributed by atoms with van der Waals surface area (Å²) in [6, 6.07) is 12.2. The Balaban J connectivity index is 1.61. The van der Waals surface area contributed by atoms with E-state index in [1.807, 2.05) is 0 Å². The van der Waals surface area contributed by atoms with Gasteiger partial charge in [0.15, 0.2) is 6.61 Å². The number of carbonyl (C=O) groups excluding carboxylic acids is 3. The van der Waals surface area contributed by atoms with Crippen molar-refractivity contribution in [2.45, 2.75) is 24.2 Å². The predicted octanol–water partition coefficient (Wildman–Crippen LogP) is 3.01. The summed E-state index contributed by atoms with van der Waals surface area (Å²) in [5.41, 5.74) is 0.256. The van der Waals surface area contributed by atoms with E-state index >= 15 is 0 Å². The number of anilines is 1. The minimum atomic E-state index is -4.06. The van der Waals surface area contributed by atoms with E-state index in [9.17, 15) is 22.8 Å². The fourth-order valence-electron chi connectivity index (χ4n) is 3.70. The minimum Gasteiger partial charge on any atom is -0.452 e. The summed E-state index contributed by atoms with van der Waals surface area (Å²) in [6.45, 7) is 4.70. The lowest BCUT2D eigenvalue weighted by Gasteiger charge is -2.23. The van der Waals surface area contributed by atoms with Crippen molar-refractivity contribution >= 4 is 45.1 Å². The van der Waals surface area contributed by atoms with Gasteiger partial charge in [-0.3, -0.25) is 13.9 Å². The Morgan fingerprint density at radius 1 is 1.19 bits per heavy atom. The van der Waals surface area contributed by atoms with Gasteiger partial charge in [0.2, 0.25) is 5.91 Å². The number of hydrogen-bond acceptors (Lipinski definition) is 6. The third-order valence-corrected chi connectivity index (χ3v) is 7.64. The molecule has 0 spiro atoms. The third kappa shape index (κ3) is 6.86. The number of sulfonamides is 1. The van der Waals surface area contributed by atoms with Gasteiger partial charge in [-0.15, -0.1) is 6.58 Å².